The van der Waals surface area contributed by atoms with Gasteiger partial charge in [-0.2, -0.15) is 0 Å². The van der Waals surface area contributed by atoms with E-state index in [1.807, 2.05) is 0 Å². The molecule has 0 atom stereocenters. The van der Waals surface area contributed by atoms with Gasteiger partial charge in [-0.25, -0.2) is 4.39 Å². The summed E-state index contributed by atoms with van der Waals surface area (Å²) in [6, 6.07) is 10.9. The first kappa shape index (κ1) is 15.6. The van der Waals surface area contributed by atoms with Crippen molar-refractivity contribution in [2.45, 2.75) is 0 Å². The van der Waals surface area contributed by atoms with Crippen molar-refractivity contribution in [3.05, 3.63) is 58.3 Å². The molecule has 21 heavy (non-hydrogen) atoms. The number of hydrogen-bond acceptors (Lipinski definition) is 2. The highest BCUT2D eigenvalue weighted by atomic mass is 35.5. The van der Waals surface area contributed by atoms with E-state index < -0.39 is 0 Å². The number of likely N-dealkylation sites (N-methyl/N-ethyl adjacent to an activating group) is 1. The molecule has 0 saturated carbocycles. The summed E-state index contributed by atoms with van der Waals surface area (Å²) in [5, 5.41) is 3.42. The first-order chi connectivity index (χ1) is 9.97. The third kappa shape index (κ3) is 4.09. The van der Waals surface area contributed by atoms with Crippen LogP contribution in [0.2, 0.25) is 10.0 Å². The molecule has 0 spiro atoms. The largest absolute Gasteiger partial charge is 0.365 e. The lowest BCUT2D eigenvalue weighted by molar-refractivity contribution is -0.114. The molecular weight excluding hydrogens is 314 g/mol. The summed E-state index contributed by atoms with van der Waals surface area (Å²) in [4.78, 5) is 13.7. The van der Waals surface area contributed by atoms with E-state index in [0.717, 1.165) is 5.69 Å². The van der Waals surface area contributed by atoms with Gasteiger partial charge in [-0.3, -0.25) is 4.79 Å². The second-order valence-electron chi connectivity index (χ2n) is 4.48. The van der Waals surface area contributed by atoms with E-state index in [0.29, 0.717) is 15.7 Å². The number of carbonyl (C=O) groups excluding carboxylic acids is 1. The number of hydrogen-bond donors (Lipinski definition) is 1. The van der Waals surface area contributed by atoms with Crippen molar-refractivity contribution in [1.82, 2.24) is 0 Å². The smallest absolute Gasteiger partial charge is 0.243 e. The fraction of sp³-hybridized carbons (Fsp3) is 0.133. The SMILES string of the molecule is CN(CC(=O)Nc1c(Cl)cccc1Cl)c1ccc(F)cc1. The topological polar surface area (TPSA) is 32.3 Å². The quantitative estimate of drug-likeness (QED) is 0.912. The molecule has 0 saturated heterocycles. The van der Waals surface area contributed by atoms with Crippen LogP contribution in [0.3, 0.4) is 0 Å². The van der Waals surface area contributed by atoms with Crippen LogP contribution < -0.4 is 10.2 Å². The minimum absolute atomic E-state index is 0.0905. The van der Waals surface area contributed by atoms with Gasteiger partial charge >= 0.3 is 0 Å². The highest BCUT2D eigenvalue weighted by molar-refractivity contribution is 6.39. The predicted molar refractivity (Wildman–Crippen MR) is 84.8 cm³/mol. The van der Waals surface area contributed by atoms with Crippen molar-refractivity contribution < 1.29 is 9.18 Å². The highest BCUT2D eigenvalue weighted by Crippen LogP contribution is 2.29. The van der Waals surface area contributed by atoms with E-state index in [-0.39, 0.29) is 18.3 Å². The molecule has 0 aliphatic rings. The van der Waals surface area contributed by atoms with Gasteiger partial charge < -0.3 is 10.2 Å². The second-order valence-corrected chi connectivity index (χ2v) is 5.29. The van der Waals surface area contributed by atoms with Gasteiger partial charge in [-0.05, 0) is 36.4 Å². The summed E-state index contributed by atoms with van der Waals surface area (Å²) in [5.41, 5.74) is 1.12. The van der Waals surface area contributed by atoms with E-state index in [9.17, 15) is 9.18 Å². The Labute approximate surface area is 132 Å². The first-order valence-corrected chi connectivity index (χ1v) is 6.93. The van der Waals surface area contributed by atoms with Gasteiger partial charge in [-0.1, -0.05) is 29.3 Å². The third-order valence-electron chi connectivity index (χ3n) is 2.88. The maximum absolute atomic E-state index is 12.9. The first-order valence-electron chi connectivity index (χ1n) is 6.18. The maximum Gasteiger partial charge on any atom is 0.243 e. The van der Waals surface area contributed by atoms with E-state index in [1.54, 1.807) is 42.3 Å². The minimum atomic E-state index is -0.320. The number of benzene rings is 2. The Kier molecular flexibility index (Phi) is 5.04. The van der Waals surface area contributed by atoms with Crippen LogP contribution in [0, 0.1) is 5.82 Å². The number of para-hydroxylation sites is 1. The van der Waals surface area contributed by atoms with Gasteiger partial charge in [0.1, 0.15) is 5.82 Å². The van der Waals surface area contributed by atoms with Gasteiger partial charge in [0, 0.05) is 12.7 Å². The second kappa shape index (κ2) is 6.78. The van der Waals surface area contributed by atoms with E-state index in [2.05, 4.69) is 5.32 Å². The highest BCUT2D eigenvalue weighted by Gasteiger charge is 2.12. The van der Waals surface area contributed by atoms with Crippen molar-refractivity contribution in [1.29, 1.82) is 0 Å². The van der Waals surface area contributed by atoms with Crippen molar-refractivity contribution in [2.24, 2.45) is 0 Å². The van der Waals surface area contributed by atoms with E-state index in [4.69, 9.17) is 23.2 Å². The number of nitrogens with one attached hydrogen (secondary N) is 1. The van der Waals surface area contributed by atoms with Gasteiger partial charge in [0.25, 0.3) is 0 Å². The van der Waals surface area contributed by atoms with Crippen LogP contribution in [0.1, 0.15) is 0 Å². The van der Waals surface area contributed by atoms with Gasteiger partial charge in [0.05, 0.1) is 22.3 Å². The minimum Gasteiger partial charge on any atom is -0.365 e. The lowest BCUT2D eigenvalue weighted by Crippen LogP contribution is -2.30. The molecular formula is C15H13Cl2FN2O. The summed E-state index contributed by atoms with van der Waals surface area (Å²) < 4.78 is 12.9. The molecule has 0 aromatic heterocycles. The molecule has 0 radical (unpaired) electrons. The zero-order chi connectivity index (χ0) is 15.4. The summed E-state index contributed by atoms with van der Waals surface area (Å²) >= 11 is 12.0. The maximum atomic E-state index is 12.9. The molecule has 0 aliphatic carbocycles. The van der Waals surface area contributed by atoms with Crippen LogP contribution >= 0.6 is 23.2 Å². The Bertz CT molecular complexity index is 626. The number of nitrogens with zero attached hydrogens (tertiary/aromatic N) is 1. The summed E-state index contributed by atoms with van der Waals surface area (Å²) in [5.74, 6) is -0.587. The zero-order valence-corrected chi connectivity index (χ0v) is 12.7. The molecule has 2 rings (SSSR count). The van der Waals surface area contributed by atoms with Crippen LogP contribution in [0.25, 0.3) is 0 Å². The van der Waals surface area contributed by atoms with Crippen LogP contribution in [0.4, 0.5) is 15.8 Å². The average Bonchev–Trinajstić information content (AvgIpc) is 2.43. The number of carbonyl (C=O) groups is 1. The van der Waals surface area contributed by atoms with Crippen molar-refractivity contribution in [2.75, 3.05) is 23.8 Å². The number of amides is 1. The molecule has 0 heterocycles. The predicted octanol–water partition coefficient (Wildman–Crippen LogP) is 4.21. The monoisotopic (exact) mass is 326 g/mol. The molecule has 6 heteroatoms. The Balaban J connectivity index is 2.03. The molecule has 0 aliphatic heterocycles. The Morgan fingerprint density at radius 3 is 2.29 bits per heavy atom. The molecule has 2 aromatic carbocycles. The van der Waals surface area contributed by atoms with Crippen molar-refractivity contribution in [3.8, 4) is 0 Å². The summed E-state index contributed by atoms with van der Waals surface area (Å²) in [6.45, 7) is 0.0905. The Hall–Kier alpha value is -1.78. The van der Waals surface area contributed by atoms with Crippen LogP contribution in [-0.4, -0.2) is 19.5 Å². The normalized spacial score (nSPS) is 10.3. The van der Waals surface area contributed by atoms with Gasteiger partial charge in [0.2, 0.25) is 5.91 Å². The number of halogens is 3. The summed E-state index contributed by atoms with van der Waals surface area (Å²) in [6.07, 6.45) is 0. The molecule has 0 bridgehead atoms. The van der Waals surface area contributed by atoms with E-state index >= 15 is 0 Å². The third-order valence-corrected chi connectivity index (χ3v) is 3.51. The summed E-state index contributed by atoms with van der Waals surface area (Å²) in [7, 11) is 1.74. The van der Waals surface area contributed by atoms with Gasteiger partial charge in [0.15, 0.2) is 0 Å². The number of anilines is 2. The molecule has 2 aromatic rings. The fourth-order valence-electron chi connectivity index (χ4n) is 1.80. The van der Waals surface area contributed by atoms with Crippen molar-refractivity contribution in [3.63, 3.8) is 0 Å². The Morgan fingerprint density at radius 1 is 1.14 bits per heavy atom. The number of rotatable bonds is 4. The molecule has 0 fully saturated rings. The molecule has 0 unspecified atom stereocenters. The lowest BCUT2D eigenvalue weighted by Gasteiger charge is -2.19. The molecule has 3 nitrogen and oxygen atoms in total. The molecule has 1 amide bonds. The lowest BCUT2D eigenvalue weighted by atomic mass is 10.3. The average molecular weight is 327 g/mol. The van der Waals surface area contributed by atoms with Gasteiger partial charge in [-0.15, -0.1) is 0 Å². The standard InChI is InChI=1S/C15H13Cl2FN2O/c1-20(11-7-5-10(18)6-8-11)9-14(21)19-15-12(16)3-2-4-13(15)17/h2-8H,9H2,1H3,(H,19,21). The molecule has 1 N–H and O–H groups in total. The Morgan fingerprint density at radius 2 is 1.71 bits per heavy atom. The van der Waals surface area contributed by atoms with Crippen LogP contribution in [0.5, 0.6) is 0 Å². The van der Waals surface area contributed by atoms with Crippen LogP contribution in [-0.2, 0) is 4.79 Å². The zero-order valence-electron chi connectivity index (χ0n) is 11.2. The molecule has 110 valence electrons. The fourth-order valence-corrected chi connectivity index (χ4v) is 2.29. The van der Waals surface area contributed by atoms with E-state index in [1.165, 1.54) is 12.1 Å². The van der Waals surface area contributed by atoms with Crippen LogP contribution in [0.15, 0.2) is 42.5 Å². The van der Waals surface area contributed by atoms with Crippen molar-refractivity contribution >= 4 is 40.5 Å².